The van der Waals surface area contributed by atoms with Gasteiger partial charge in [0.15, 0.2) is 0 Å². The van der Waals surface area contributed by atoms with Crippen LogP contribution in [0.5, 0.6) is 0 Å². The number of esters is 1. The lowest BCUT2D eigenvalue weighted by Crippen LogP contribution is -2.45. The number of benzene rings is 1. The Bertz CT molecular complexity index is 527. The maximum absolute atomic E-state index is 12.0. The van der Waals surface area contributed by atoms with Crippen molar-refractivity contribution in [3.63, 3.8) is 0 Å². The third-order valence-corrected chi connectivity index (χ3v) is 2.73. The highest BCUT2D eigenvalue weighted by Crippen LogP contribution is 2.14. The molecule has 0 fully saturated rings. The predicted molar refractivity (Wildman–Crippen MR) is 71.2 cm³/mol. The molecule has 108 valence electrons. The van der Waals surface area contributed by atoms with E-state index in [1.54, 1.807) is 13.8 Å². The van der Waals surface area contributed by atoms with Gasteiger partial charge in [0, 0.05) is 17.7 Å². The van der Waals surface area contributed by atoms with Crippen LogP contribution in [0, 0.1) is 16.0 Å². The molecule has 1 aromatic carbocycles. The summed E-state index contributed by atoms with van der Waals surface area (Å²) in [5.41, 5.74) is -0.0643. The molecular weight excluding hydrogens is 264 g/mol. The first kappa shape index (κ1) is 15.6. The molecule has 1 N–H and O–H groups in total. The van der Waals surface area contributed by atoms with E-state index in [0.29, 0.717) is 0 Å². The van der Waals surface area contributed by atoms with Gasteiger partial charge in [0.1, 0.15) is 6.04 Å². The van der Waals surface area contributed by atoms with Crippen LogP contribution in [0.4, 0.5) is 5.69 Å². The fourth-order valence-corrected chi connectivity index (χ4v) is 1.61. The van der Waals surface area contributed by atoms with Gasteiger partial charge in [-0.25, -0.2) is 4.79 Å². The van der Waals surface area contributed by atoms with Crippen LogP contribution in [0.15, 0.2) is 24.3 Å². The molecule has 0 radical (unpaired) electrons. The Morgan fingerprint density at radius 1 is 1.35 bits per heavy atom. The van der Waals surface area contributed by atoms with Crippen molar-refractivity contribution in [1.29, 1.82) is 0 Å². The second-order valence-electron chi connectivity index (χ2n) is 4.53. The van der Waals surface area contributed by atoms with Crippen LogP contribution in [0.1, 0.15) is 24.2 Å². The minimum atomic E-state index is -0.799. The second-order valence-corrected chi connectivity index (χ2v) is 4.53. The first-order valence-electron chi connectivity index (χ1n) is 6.00. The number of hydrogen-bond acceptors (Lipinski definition) is 5. The largest absolute Gasteiger partial charge is 0.467 e. The summed E-state index contributed by atoms with van der Waals surface area (Å²) in [6, 6.07) is 4.50. The molecule has 0 aromatic heterocycles. The molecule has 0 saturated carbocycles. The topological polar surface area (TPSA) is 98.5 Å². The zero-order valence-electron chi connectivity index (χ0n) is 11.5. The molecule has 7 nitrogen and oxygen atoms in total. The number of hydrogen-bond donors (Lipinski definition) is 1. The molecule has 0 aliphatic carbocycles. The van der Waals surface area contributed by atoms with E-state index in [4.69, 9.17) is 0 Å². The monoisotopic (exact) mass is 280 g/mol. The Kier molecular flexibility index (Phi) is 5.19. The minimum absolute atomic E-state index is 0.119. The Balaban J connectivity index is 2.92. The zero-order valence-corrected chi connectivity index (χ0v) is 11.5. The number of ether oxygens (including phenoxy) is 1. The Morgan fingerprint density at radius 3 is 2.50 bits per heavy atom. The van der Waals surface area contributed by atoms with Gasteiger partial charge in [0.05, 0.1) is 12.0 Å². The average molecular weight is 280 g/mol. The van der Waals surface area contributed by atoms with Gasteiger partial charge in [-0.1, -0.05) is 19.9 Å². The van der Waals surface area contributed by atoms with Crippen molar-refractivity contribution in [2.75, 3.05) is 7.11 Å². The van der Waals surface area contributed by atoms with E-state index < -0.39 is 22.8 Å². The lowest BCUT2D eigenvalue weighted by atomic mass is 10.0. The fraction of sp³-hybridized carbons (Fsp3) is 0.385. The highest BCUT2D eigenvalue weighted by atomic mass is 16.6. The molecule has 1 amide bonds. The number of non-ortho nitro benzene ring substituents is 1. The molecular formula is C13H16N2O5. The normalized spacial score (nSPS) is 11.8. The maximum Gasteiger partial charge on any atom is 0.328 e. The number of nitrogens with zero attached hydrogens (tertiary/aromatic N) is 1. The SMILES string of the molecule is COC(=O)C(NC(=O)c1cccc([N+](=O)[O-])c1)C(C)C. The third-order valence-electron chi connectivity index (χ3n) is 2.73. The molecule has 0 aliphatic heterocycles. The van der Waals surface area contributed by atoms with Gasteiger partial charge in [0.2, 0.25) is 0 Å². The summed E-state index contributed by atoms with van der Waals surface area (Å²) < 4.78 is 4.61. The smallest absolute Gasteiger partial charge is 0.328 e. The van der Waals surface area contributed by atoms with Crippen molar-refractivity contribution in [2.24, 2.45) is 5.92 Å². The van der Waals surface area contributed by atoms with Crippen LogP contribution in [0.2, 0.25) is 0 Å². The van der Waals surface area contributed by atoms with Gasteiger partial charge in [-0.2, -0.15) is 0 Å². The first-order valence-corrected chi connectivity index (χ1v) is 6.00. The van der Waals surface area contributed by atoms with E-state index in [1.165, 1.54) is 25.3 Å². The van der Waals surface area contributed by atoms with Gasteiger partial charge in [0.25, 0.3) is 11.6 Å². The van der Waals surface area contributed by atoms with E-state index in [0.717, 1.165) is 6.07 Å². The Hall–Kier alpha value is -2.44. The van der Waals surface area contributed by atoms with Crippen molar-refractivity contribution in [2.45, 2.75) is 19.9 Å². The summed E-state index contributed by atoms with van der Waals surface area (Å²) in [4.78, 5) is 33.6. The predicted octanol–water partition coefficient (Wildman–Crippen LogP) is 1.52. The van der Waals surface area contributed by atoms with E-state index in [9.17, 15) is 19.7 Å². The van der Waals surface area contributed by atoms with Gasteiger partial charge < -0.3 is 10.1 Å². The summed E-state index contributed by atoms with van der Waals surface area (Å²) >= 11 is 0. The van der Waals surface area contributed by atoms with Crippen LogP contribution < -0.4 is 5.32 Å². The molecule has 0 spiro atoms. The molecule has 7 heteroatoms. The van der Waals surface area contributed by atoms with E-state index in [2.05, 4.69) is 10.1 Å². The van der Waals surface area contributed by atoms with Crippen molar-refractivity contribution in [3.8, 4) is 0 Å². The highest BCUT2D eigenvalue weighted by Gasteiger charge is 2.25. The summed E-state index contributed by atoms with van der Waals surface area (Å²) in [5, 5.41) is 13.2. The standard InChI is InChI=1S/C13H16N2O5/c1-8(2)11(13(17)20-3)14-12(16)9-5-4-6-10(7-9)15(18)19/h4-8,11H,1-3H3,(H,14,16). The second kappa shape index (κ2) is 6.65. The van der Waals surface area contributed by atoms with Crippen LogP contribution in [0.3, 0.4) is 0 Å². The first-order chi connectivity index (χ1) is 9.36. The summed E-state index contributed by atoms with van der Waals surface area (Å²) in [6.45, 7) is 3.52. The summed E-state index contributed by atoms with van der Waals surface area (Å²) in [5.74, 6) is -1.28. The number of carbonyl (C=O) groups excluding carboxylic acids is 2. The lowest BCUT2D eigenvalue weighted by molar-refractivity contribution is -0.384. The summed E-state index contributed by atoms with van der Waals surface area (Å²) in [7, 11) is 1.23. The minimum Gasteiger partial charge on any atom is -0.467 e. The molecule has 0 saturated heterocycles. The molecule has 1 unspecified atom stereocenters. The van der Waals surface area contributed by atoms with E-state index >= 15 is 0 Å². The van der Waals surface area contributed by atoms with Crippen molar-refractivity contribution >= 4 is 17.6 Å². The molecule has 1 atom stereocenters. The Labute approximate surface area is 116 Å². The van der Waals surface area contributed by atoms with Gasteiger partial charge >= 0.3 is 5.97 Å². The third kappa shape index (κ3) is 3.78. The van der Waals surface area contributed by atoms with Crippen molar-refractivity contribution in [3.05, 3.63) is 39.9 Å². The number of nitrogens with one attached hydrogen (secondary N) is 1. The van der Waals surface area contributed by atoms with Crippen LogP contribution in [0.25, 0.3) is 0 Å². The van der Waals surface area contributed by atoms with E-state index in [1.807, 2.05) is 0 Å². The lowest BCUT2D eigenvalue weighted by Gasteiger charge is -2.19. The number of nitro groups is 1. The maximum atomic E-state index is 12.0. The molecule has 1 aromatic rings. The quantitative estimate of drug-likeness (QED) is 0.501. The van der Waals surface area contributed by atoms with Crippen LogP contribution >= 0.6 is 0 Å². The average Bonchev–Trinajstić information content (AvgIpc) is 2.43. The van der Waals surface area contributed by atoms with Gasteiger partial charge in [-0.05, 0) is 12.0 Å². The Morgan fingerprint density at radius 2 is 2.00 bits per heavy atom. The number of carbonyl (C=O) groups is 2. The van der Waals surface area contributed by atoms with Crippen molar-refractivity contribution in [1.82, 2.24) is 5.32 Å². The molecule has 0 heterocycles. The number of rotatable bonds is 5. The van der Waals surface area contributed by atoms with Gasteiger partial charge in [-0.3, -0.25) is 14.9 Å². The molecule has 20 heavy (non-hydrogen) atoms. The molecule has 0 aliphatic rings. The fourth-order valence-electron chi connectivity index (χ4n) is 1.61. The zero-order chi connectivity index (χ0) is 15.3. The number of amides is 1. The highest BCUT2D eigenvalue weighted by molar-refractivity contribution is 5.97. The summed E-state index contributed by atoms with van der Waals surface area (Å²) in [6.07, 6.45) is 0. The van der Waals surface area contributed by atoms with E-state index in [-0.39, 0.29) is 17.2 Å². The van der Waals surface area contributed by atoms with Crippen LogP contribution in [-0.2, 0) is 9.53 Å². The molecule has 1 rings (SSSR count). The van der Waals surface area contributed by atoms with Crippen molar-refractivity contribution < 1.29 is 19.2 Å². The number of methoxy groups -OCH3 is 1. The van der Waals surface area contributed by atoms with Crippen LogP contribution in [-0.4, -0.2) is 30.0 Å². The van der Waals surface area contributed by atoms with Gasteiger partial charge in [-0.15, -0.1) is 0 Å². The number of nitro benzene ring substituents is 1. The molecule has 0 bridgehead atoms.